The molecule has 1 fully saturated rings. The fourth-order valence-corrected chi connectivity index (χ4v) is 3.37. The van der Waals surface area contributed by atoms with Gasteiger partial charge in [-0.1, -0.05) is 0 Å². The zero-order chi connectivity index (χ0) is 17.9. The van der Waals surface area contributed by atoms with Gasteiger partial charge < -0.3 is 14.3 Å². The van der Waals surface area contributed by atoms with Crippen LogP contribution in [0, 0.1) is 12.8 Å². The first kappa shape index (κ1) is 16.5. The molecule has 134 valence electrons. The Kier molecular flexibility index (Phi) is 4.51. The molecule has 3 aromatic rings. The highest BCUT2D eigenvalue weighted by Crippen LogP contribution is 2.23. The van der Waals surface area contributed by atoms with E-state index in [0.717, 1.165) is 43.7 Å². The van der Waals surface area contributed by atoms with Gasteiger partial charge in [-0.2, -0.15) is 0 Å². The van der Waals surface area contributed by atoms with Gasteiger partial charge in [-0.05, 0) is 43.0 Å². The largest absolute Gasteiger partial charge is 0.421 e. The topological polar surface area (TPSA) is 87.9 Å². The summed E-state index contributed by atoms with van der Waals surface area (Å²) < 4.78 is 5.42. The molecule has 1 saturated heterocycles. The SMILES string of the molecule is Cc1nnc(-c2ccc(C(=O)N3CCC(Cc4ncc[nH]4)CC3)cc2)o1. The molecule has 7 nitrogen and oxygen atoms in total. The van der Waals surface area contributed by atoms with Crippen molar-refractivity contribution < 1.29 is 9.21 Å². The van der Waals surface area contributed by atoms with Gasteiger partial charge in [0.1, 0.15) is 5.82 Å². The number of carbonyl (C=O) groups is 1. The van der Waals surface area contributed by atoms with E-state index >= 15 is 0 Å². The number of hydrogen-bond donors (Lipinski definition) is 1. The van der Waals surface area contributed by atoms with E-state index in [-0.39, 0.29) is 5.91 Å². The number of aryl methyl sites for hydroxylation is 1. The summed E-state index contributed by atoms with van der Waals surface area (Å²) in [6, 6.07) is 7.35. The van der Waals surface area contributed by atoms with Crippen LogP contribution in [0.2, 0.25) is 0 Å². The van der Waals surface area contributed by atoms with E-state index in [0.29, 0.717) is 23.3 Å². The third-order valence-corrected chi connectivity index (χ3v) is 4.84. The Morgan fingerprint density at radius 1 is 1.23 bits per heavy atom. The Bertz CT molecular complexity index is 862. The van der Waals surface area contributed by atoms with Crippen LogP contribution >= 0.6 is 0 Å². The Labute approximate surface area is 151 Å². The van der Waals surface area contributed by atoms with Crippen LogP contribution in [0.1, 0.15) is 34.9 Å². The fraction of sp³-hybridized carbons (Fsp3) is 0.368. The molecule has 2 aromatic heterocycles. The standard InChI is InChI=1S/C19H21N5O2/c1-13-22-23-18(26-13)15-2-4-16(5-3-15)19(25)24-10-6-14(7-11-24)12-17-20-8-9-21-17/h2-5,8-9,14H,6-7,10-12H2,1H3,(H,20,21). The van der Waals surface area contributed by atoms with Gasteiger partial charge in [-0.15, -0.1) is 10.2 Å². The average molecular weight is 351 g/mol. The Hall–Kier alpha value is -2.96. The van der Waals surface area contributed by atoms with Gasteiger partial charge in [-0.3, -0.25) is 4.79 Å². The minimum absolute atomic E-state index is 0.0784. The zero-order valence-electron chi connectivity index (χ0n) is 14.7. The van der Waals surface area contributed by atoms with Crippen molar-refractivity contribution in [2.75, 3.05) is 13.1 Å². The molecule has 1 N–H and O–H groups in total. The number of carbonyl (C=O) groups excluding carboxylic acids is 1. The second kappa shape index (κ2) is 7.11. The van der Waals surface area contributed by atoms with E-state index in [1.807, 2.05) is 35.4 Å². The summed E-state index contributed by atoms with van der Waals surface area (Å²) in [5, 5.41) is 7.83. The summed E-state index contributed by atoms with van der Waals surface area (Å²) in [5.41, 5.74) is 1.51. The molecule has 4 rings (SSSR count). The normalized spacial score (nSPS) is 15.3. The highest BCUT2D eigenvalue weighted by Gasteiger charge is 2.24. The molecule has 1 aromatic carbocycles. The number of imidazole rings is 1. The van der Waals surface area contributed by atoms with E-state index in [4.69, 9.17) is 4.42 Å². The lowest BCUT2D eigenvalue weighted by molar-refractivity contribution is 0.0690. The number of likely N-dealkylation sites (tertiary alicyclic amines) is 1. The Morgan fingerprint density at radius 2 is 2.00 bits per heavy atom. The summed E-state index contributed by atoms with van der Waals surface area (Å²) >= 11 is 0. The van der Waals surface area contributed by atoms with Crippen LogP contribution in [0.25, 0.3) is 11.5 Å². The summed E-state index contributed by atoms with van der Waals surface area (Å²) in [6.07, 6.45) is 6.60. The molecule has 0 radical (unpaired) electrons. The third kappa shape index (κ3) is 3.51. The van der Waals surface area contributed by atoms with Crippen LogP contribution < -0.4 is 0 Å². The number of aromatic nitrogens is 4. The number of amides is 1. The van der Waals surface area contributed by atoms with Gasteiger partial charge >= 0.3 is 0 Å². The minimum Gasteiger partial charge on any atom is -0.421 e. The monoisotopic (exact) mass is 351 g/mol. The van der Waals surface area contributed by atoms with Crippen molar-refractivity contribution in [3.63, 3.8) is 0 Å². The van der Waals surface area contributed by atoms with Gasteiger partial charge in [0.2, 0.25) is 11.8 Å². The van der Waals surface area contributed by atoms with Crippen molar-refractivity contribution in [3.8, 4) is 11.5 Å². The van der Waals surface area contributed by atoms with Crippen molar-refractivity contribution in [3.05, 3.63) is 53.9 Å². The Balaban J connectivity index is 1.36. The third-order valence-electron chi connectivity index (χ3n) is 4.84. The van der Waals surface area contributed by atoms with Gasteiger partial charge in [0.05, 0.1) is 0 Å². The predicted molar refractivity (Wildman–Crippen MR) is 95.4 cm³/mol. The minimum atomic E-state index is 0.0784. The van der Waals surface area contributed by atoms with Crippen LogP contribution in [0.4, 0.5) is 0 Å². The molecular formula is C19H21N5O2. The first-order valence-electron chi connectivity index (χ1n) is 8.87. The molecule has 3 heterocycles. The molecule has 7 heteroatoms. The van der Waals surface area contributed by atoms with E-state index in [1.165, 1.54) is 0 Å². The number of hydrogen-bond acceptors (Lipinski definition) is 5. The van der Waals surface area contributed by atoms with E-state index < -0.39 is 0 Å². The molecule has 0 unspecified atom stereocenters. The zero-order valence-corrected chi connectivity index (χ0v) is 14.7. The second-order valence-electron chi connectivity index (χ2n) is 6.68. The van der Waals surface area contributed by atoms with Crippen molar-refractivity contribution in [1.82, 2.24) is 25.1 Å². The first-order valence-corrected chi connectivity index (χ1v) is 8.87. The highest BCUT2D eigenvalue weighted by molar-refractivity contribution is 5.94. The molecule has 0 bridgehead atoms. The molecule has 1 amide bonds. The van der Waals surface area contributed by atoms with Crippen molar-refractivity contribution in [2.24, 2.45) is 5.92 Å². The van der Waals surface area contributed by atoms with Crippen molar-refractivity contribution >= 4 is 5.91 Å². The van der Waals surface area contributed by atoms with Gasteiger partial charge in [0.15, 0.2) is 0 Å². The van der Waals surface area contributed by atoms with Gasteiger partial charge in [0, 0.05) is 50.0 Å². The van der Waals surface area contributed by atoms with E-state index in [2.05, 4.69) is 20.2 Å². The lowest BCUT2D eigenvalue weighted by Crippen LogP contribution is -2.39. The van der Waals surface area contributed by atoms with Crippen LogP contribution in [0.3, 0.4) is 0 Å². The first-order chi connectivity index (χ1) is 12.7. The molecule has 1 aliphatic heterocycles. The van der Waals surface area contributed by atoms with Crippen LogP contribution in [-0.4, -0.2) is 44.1 Å². The van der Waals surface area contributed by atoms with E-state index in [1.54, 1.807) is 13.1 Å². The number of rotatable bonds is 4. The summed E-state index contributed by atoms with van der Waals surface area (Å²) in [4.78, 5) is 22.1. The maximum absolute atomic E-state index is 12.7. The summed E-state index contributed by atoms with van der Waals surface area (Å²) in [7, 11) is 0. The lowest BCUT2D eigenvalue weighted by atomic mass is 9.93. The molecule has 26 heavy (non-hydrogen) atoms. The summed E-state index contributed by atoms with van der Waals surface area (Å²) in [6.45, 7) is 3.33. The predicted octanol–water partition coefficient (Wildman–Crippen LogP) is 2.86. The quantitative estimate of drug-likeness (QED) is 0.781. The molecule has 0 spiro atoms. The Morgan fingerprint density at radius 3 is 2.62 bits per heavy atom. The number of piperidine rings is 1. The van der Waals surface area contributed by atoms with Gasteiger partial charge in [0.25, 0.3) is 5.91 Å². The van der Waals surface area contributed by atoms with Crippen molar-refractivity contribution in [1.29, 1.82) is 0 Å². The molecule has 0 saturated carbocycles. The fourth-order valence-electron chi connectivity index (χ4n) is 3.37. The number of benzene rings is 1. The highest BCUT2D eigenvalue weighted by atomic mass is 16.4. The van der Waals surface area contributed by atoms with Crippen LogP contribution in [0.5, 0.6) is 0 Å². The van der Waals surface area contributed by atoms with Crippen molar-refractivity contribution in [2.45, 2.75) is 26.2 Å². The summed E-state index contributed by atoms with van der Waals surface area (Å²) in [5.74, 6) is 2.68. The lowest BCUT2D eigenvalue weighted by Gasteiger charge is -2.31. The second-order valence-corrected chi connectivity index (χ2v) is 6.68. The molecule has 0 aliphatic carbocycles. The smallest absolute Gasteiger partial charge is 0.253 e. The number of H-pyrrole nitrogens is 1. The molecule has 0 atom stereocenters. The van der Waals surface area contributed by atoms with Crippen LogP contribution in [-0.2, 0) is 6.42 Å². The van der Waals surface area contributed by atoms with Crippen LogP contribution in [0.15, 0.2) is 41.1 Å². The molecule has 1 aliphatic rings. The van der Waals surface area contributed by atoms with E-state index in [9.17, 15) is 4.79 Å². The number of aromatic amines is 1. The molecular weight excluding hydrogens is 330 g/mol. The van der Waals surface area contributed by atoms with Gasteiger partial charge in [-0.25, -0.2) is 4.98 Å². The average Bonchev–Trinajstić information content (AvgIpc) is 3.34. The maximum Gasteiger partial charge on any atom is 0.253 e. The number of nitrogens with zero attached hydrogens (tertiary/aromatic N) is 4. The number of nitrogens with one attached hydrogen (secondary N) is 1. The maximum atomic E-state index is 12.7.